The molecule has 32 heavy (non-hydrogen) atoms. The highest BCUT2D eigenvalue weighted by Crippen LogP contribution is 2.25. The zero-order valence-electron chi connectivity index (χ0n) is 17.5. The number of anilines is 1. The van der Waals surface area contributed by atoms with Crippen LogP contribution in [0, 0.1) is 5.82 Å². The molecular formula is C25H23Cl2FN4. The molecule has 3 aromatic carbocycles. The van der Waals surface area contributed by atoms with Gasteiger partial charge in [-0.05, 0) is 54.1 Å². The van der Waals surface area contributed by atoms with Crippen LogP contribution in [0.3, 0.4) is 0 Å². The van der Waals surface area contributed by atoms with Gasteiger partial charge >= 0.3 is 0 Å². The summed E-state index contributed by atoms with van der Waals surface area (Å²) in [6.45, 7) is 5.03. The predicted molar refractivity (Wildman–Crippen MR) is 129 cm³/mol. The minimum atomic E-state index is -0.202. The second kappa shape index (κ2) is 9.10. The summed E-state index contributed by atoms with van der Waals surface area (Å²) >= 11 is 12.6. The lowest BCUT2D eigenvalue weighted by Crippen LogP contribution is -2.46. The van der Waals surface area contributed by atoms with E-state index in [1.54, 1.807) is 6.07 Å². The summed E-state index contributed by atoms with van der Waals surface area (Å²) in [5.74, 6) is 0.819. The van der Waals surface area contributed by atoms with Crippen molar-refractivity contribution in [3.8, 4) is 0 Å². The minimum Gasteiger partial charge on any atom is -0.369 e. The number of hydrogen-bond donors (Lipinski definition) is 0. The number of piperazine rings is 1. The van der Waals surface area contributed by atoms with Gasteiger partial charge in [0.15, 0.2) is 0 Å². The van der Waals surface area contributed by atoms with Gasteiger partial charge in [-0.3, -0.25) is 4.90 Å². The van der Waals surface area contributed by atoms with Crippen molar-refractivity contribution in [1.82, 2.24) is 14.5 Å². The topological polar surface area (TPSA) is 24.3 Å². The zero-order valence-corrected chi connectivity index (χ0v) is 19.0. The van der Waals surface area contributed by atoms with Crippen LogP contribution in [0.1, 0.15) is 11.4 Å². The first-order chi connectivity index (χ1) is 15.6. The number of hydrogen-bond acceptors (Lipinski definition) is 3. The van der Waals surface area contributed by atoms with Gasteiger partial charge in [0.2, 0.25) is 0 Å². The minimum absolute atomic E-state index is 0.202. The van der Waals surface area contributed by atoms with Gasteiger partial charge in [0.25, 0.3) is 0 Å². The number of nitrogens with zero attached hydrogens (tertiary/aromatic N) is 4. The first kappa shape index (κ1) is 21.3. The monoisotopic (exact) mass is 468 g/mol. The van der Waals surface area contributed by atoms with E-state index in [0.29, 0.717) is 16.6 Å². The van der Waals surface area contributed by atoms with Gasteiger partial charge in [-0.25, -0.2) is 9.37 Å². The highest BCUT2D eigenvalue weighted by molar-refractivity contribution is 6.35. The number of fused-ring (bicyclic) bond motifs is 1. The molecule has 1 saturated heterocycles. The van der Waals surface area contributed by atoms with Gasteiger partial charge in [-0.2, -0.15) is 0 Å². The standard InChI is InChI=1S/C25H23Cl2FN4/c26-19-6-5-18(22(27)15-19)16-32-24-4-2-1-3-23(24)29-25(32)17-30-11-13-31(14-12-30)21-9-7-20(28)8-10-21/h1-10,15H,11-14,16-17H2. The molecule has 4 nitrogen and oxygen atoms in total. The summed E-state index contributed by atoms with van der Waals surface area (Å²) < 4.78 is 15.5. The van der Waals surface area contributed by atoms with Crippen molar-refractivity contribution in [3.63, 3.8) is 0 Å². The Labute approximate surface area is 196 Å². The van der Waals surface area contributed by atoms with Gasteiger partial charge in [0.05, 0.1) is 24.1 Å². The molecule has 0 spiro atoms. The number of para-hydroxylation sites is 2. The van der Waals surface area contributed by atoms with Crippen LogP contribution in [0.25, 0.3) is 11.0 Å². The molecule has 1 fully saturated rings. The second-order valence-corrected chi connectivity index (χ2v) is 8.92. The number of benzene rings is 3. The zero-order chi connectivity index (χ0) is 22.1. The number of halogens is 3. The molecule has 0 unspecified atom stereocenters. The van der Waals surface area contributed by atoms with Crippen LogP contribution in [0.2, 0.25) is 10.0 Å². The van der Waals surface area contributed by atoms with Crippen molar-refractivity contribution in [1.29, 1.82) is 0 Å². The molecule has 5 rings (SSSR count). The Bertz CT molecular complexity index is 1230. The molecule has 1 aromatic heterocycles. The summed E-state index contributed by atoms with van der Waals surface area (Å²) in [6.07, 6.45) is 0. The molecule has 7 heteroatoms. The molecule has 1 aliphatic heterocycles. The van der Waals surface area contributed by atoms with Crippen LogP contribution in [-0.2, 0) is 13.1 Å². The van der Waals surface area contributed by atoms with Crippen molar-refractivity contribution in [3.05, 3.63) is 94.0 Å². The van der Waals surface area contributed by atoms with E-state index in [2.05, 4.69) is 20.4 Å². The summed E-state index contributed by atoms with van der Waals surface area (Å²) in [7, 11) is 0. The fourth-order valence-electron chi connectivity index (χ4n) is 4.26. The van der Waals surface area contributed by atoms with Gasteiger partial charge in [-0.1, -0.05) is 41.4 Å². The Balaban J connectivity index is 1.35. The van der Waals surface area contributed by atoms with Gasteiger partial charge < -0.3 is 9.47 Å². The van der Waals surface area contributed by atoms with E-state index in [1.807, 2.05) is 42.5 Å². The Morgan fingerprint density at radius 2 is 1.59 bits per heavy atom. The summed E-state index contributed by atoms with van der Waals surface area (Å²) in [4.78, 5) is 9.65. The van der Waals surface area contributed by atoms with Crippen molar-refractivity contribution in [2.24, 2.45) is 0 Å². The molecule has 0 bridgehead atoms. The van der Waals surface area contributed by atoms with E-state index in [-0.39, 0.29) is 5.82 Å². The lowest BCUT2D eigenvalue weighted by Gasteiger charge is -2.36. The van der Waals surface area contributed by atoms with Gasteiger partial charge in [0.1, 0.15) is 11.6 Å². The van der Waals surface area contributed by atoms with Crippen LogP contribution in [0.15, 0.2) is 66.7 Å². The molecule has 0 saturated carbocycles. The highest BCUT2D eigenvalue weighted by Gasteiger charge is 2.20. The van der Waals surface area contributed by atoms with E-state index < -0.39 is 0 Å². The summed E-state index contributed by atoms with van der Waals surface area (Å²) in [5, 5.41) is 1.29. The maximum atomic E-state index is 13.2. The normalized spacial score (nSPS) is 14.9. The molecule has 1 aliphatic rings. The van der Waals surface area contributed by atoms with Crippen LogP contribution in [0.5, 0.6) is 0 Å². The van der Waals surface area contributed by atoms with E-state index >= 15 is 0 Å². The van der Waals surface area contributed by atoms with Crippen LogP contribution < -0.4 is 4.90 Å². The Morgan fingerprint density at radius 3 is 2.34 bits per heavy atom. The SMILES string of the molecule is Fc1ccc(N2CCN(Cc3nc4ccccc4n3Cc3ccc(Cl)cc3Cl)CC2)cc1. The van der Waals surface area contributed by atoms with E-state index in [0.717, 1.165) is 60.8 Å². The van der Waals surface area contributed by atoms with Crippen molar-refractivity contribution in [2.45, 2.75) is 13.1 Å². The first-order valence-electron chi connectivity index (χ1n) is 10.7. The smallest absolute Gasteiger partial charge is 0.124 e. The van der Waals surface area contributed by atoms with Crippen LogP contribution in [-0.4, -0.2) is 40.6 Å². The van der Waals surface area contributed by atoms with Crippen LogP contribution >= 0.6 is 23.2 Å². The molecular weight excluding hydrogens is 446 g/mol. The van der Waals surface area contributed by atoms with Crippen molar-refractivity contribution < 1.29 is 4.39 Å². The molecule has 0 amide bonds. The fraction of sp³-hybridized carbons (Fsp3) is 0.240. The van der Waals surface area contributed by atoms with Crippen molar-refractivity contribution in [2.75, 3.05) is 31.1 Å². The molecule has 0 atom stereocenters. The average Bonchev–Trinajstić information content (AvgIpc) is 3.14. The van der Waals surface area contributed by atoms with Gasteiger partial charge in [-0.15, -0.1) is 0 Å². The summed E-state index contributed by atoms with van der Waals surface area (Å²) in [5.41, 5.74) is 4.16. The number of rotatable bonds is 5. The summed E-state index contributed by atoms with van der Waals surface area (Å²) in [6, 6.07) is 20.6. The lowest BCUT2D eigenvalue weighted by molar-refractivity contribution is 0.241. The third kappa shape index (κ3) is 4.46. The molecule has 164 valence electrons. The molecule has 0 aliphatic carbocycles. The Hall–Kier alpha value is -2.60. The van der Waals surface area contributed by atoms with E-state index in [9.17, 15) is 4.39 Å². The van der Waals surface area contributed by atoms with Gasteiger partial charge in [0, 0.05) is 41.9 Å². The van der Waals surface area contributed by atoms with E-state index in [4.69, 9.17) is 28.2 Å². The van der Waals surface area contributed by atoms with Crippen LogP contribution in [0.4, 0.5) is 10.1 Å². The maximum Gasteiger partial charge on any atom is 0.124 e. The maximum absolute atomic E-state index is 13.2. The predicted octanol–water partition coefficient (Wildman–Crippen LogP) is 5.85. The lowest BCUT2D eigenvalue weighted by atomic mass is 10.2. The quantitative estimate of drug-likeness (QED) is 0.366. The fourth-order valence-corrected chi connectivity index (χ4v) is 4.73. The highest BCUT2D eigenvalue weighted by atomic mass is 35.5. The van der Waals surface area contributed by atoms with E-state index in [1.165, 1.54) is 12.1 Å². The molecule has 4 aromatic rings. The Kier molecular flexibility index (Phi) is 6.05. The molecule has 2 heterocycles. The third-order valence-corrected chi connectivity index (χ3v) is 6.59. The van der Waals surface area contributed by atoms with Crippen molar-refractivity contribution >= 4 is 39.9 Å². The largest absolute Gasteiger partial charge is 0.369 e. The Morgan fingerprint density at radius 1 is 0.844 bits per heavy atom. The first-order valence-corrected chi connectivity index (χ1v) is 11.4. The second-order valence-electron chi connectivity index (χ2n) is 8.08. The average molecular weight is 469 g/mol. The molecule has 0 radical (unpaired) electrons. The number of imidazole rings is 1. The molecule has 0 N–H and O–H groups in total. The number of aromatic nitrogens is 2. The third-order valence-electron chi connectivity index (χ3n) is 6.01.